The molecule has 1 aliphatic carbocycles. The molecule has 4 heteroatoms. The molecule has 0 aromatic heterocycles. The molecule has 0 aromatic rings. The lowest BCUT2D eigenvalue weighted by Crippen LogP contribution is -2.34. The Morgan fingerprint density at radius 1 is 1.38 bits per heavy atom. The van der Waals surface area contributed by atoms with E-state index >= 15 is 0 Å². The normalized spacial score (nSPS) is 40.2. The highest BCUT2D eigenvalue weighted by Crippen LogP contribution is 2.41. The number of hydrogen-bond acceptors (Lipinski definition) is 2. The fraction of sp³-hybridized carbons (Fsp3) is 0.889. The Balaban J connectivity index is 2.09. The third-order valence-electron chi connectivity index (χ3n) is 3.42. The number of fused-ring (bicyclic) bond motifs is 1. The fourth-order valence-electron chi connectivity index (χ4n) is 2.72. The molecule has 0 spiro atoms. The van der Waals surface area contributed by atoms with Crippen molar-refractivity contribution in [3.8, 4) is 0 Å². The number of carbonyl (C=O) groups is 1. The van der Waals surface area contributed by atoms with Crippen molar-refractivity contribution in [1.82, 2.24) is 4.67 Å². The van der Waals surface area contributed by atoms with Crippen LogP contribution in [0.4, 0.5) is 0 Å². The third-order valence-corrected chi connectivity index (χ3v) is 4.17. The van der Waals surface area contributed by atoms with Gasteiger partial charge in [-0.25, -0.2) is 0 Å². The van der Waals surface area contributed by atoms with Crippen LogP contribution in [0.1, 0.15) is 32.1 Å². The predicted octanol–water partition coefficient (Wildman–Crippen LogP) is 1.49. The minimum absolute atomic E-state index is 0.252. The zero-order chi connectivity index (χ0) is 9.42. The first-order chi connectivity index (χ1) is 6.20. The fourth-order valence-corrected chi connectivity index (χ4v) is 3.37. The van der Waals surface area contributed by atoms with E-state index in [4.69, 9.17) is 5.11 Å². The average Bonchev–Trinajstić information content (AvgIpc) is 2.45. The average molecular weight is 201 g/mol. The van der Waals surface area contributed by atoms with Crippen LogP contribution in [-0.4, -0.2) is 27.8 Å². The molecule has 74 valence electrons. The second-order valence-corrected chi connectivity index (χ2v) is 4.75. The van der Waals surface area contributed by atoms with E-state index < -0.39 is 5.97 Å². The topological polar surface area (TPSA) is 40.5 Å². The van der Waals surface area contributed by atoms with Crippen LogP contribution in [0.5, 0.6) is 0 Å². The van der Waals surface area contributed by atoms with Crippen LogP contribution < -0.4 is 0 Å². The van der Waals surface area contributed by atoms with E-state index in [2.05, 4.69) is 9.39 Å². The maximum absolute atomic E-state index is 10.9. The van der Waals surface area contributed by atoms with E-state index in [9.17, 15) is 4.79 Å². The number of carboxylic acids is 1. The van der Waals surface area contributed by atoms with Crippen molar-refractivity contribution in [2.45, 2.75) is 44.2 Å². The predicted molar refractivity (Wildman–Crippen MR) is 53.3 cm³/mol. The van der Waals surface area contributed by atoms with E-state index in [-0.39, 0.29) is 6.04 Å². The highest BCUT2D eigenvalue weighted by Gasteiger charge is 2.43. The molecule has 0 amide bonds. The first-order valence-corrected chi connectivity index (χ1v) is 5.47. The summed E-state index contributed by atoms with van der Waals surface area (Å²) in [6, 6.07) is 0.262. The molecule has 2 aliphatic rings. The van der Waals surface area contributed by atoms with Gasteiger partial charge in [-0.3, -0.25) is 9.46 Å². The van der Waals surface area contributed by atoms with Crippen LogP contribution in [0.2, 0.25) is 0 Å². The van der Waals surface area contributed by atoms with Crippen molar-refractivity contribution in [2.24, 2.45) is 5.92 Å². The summed E-state index contributed by atoms with van der Waals surface area (Å²) in [6.07, 6.45) is 5.80. The van der Waals surface area contributed by atoms with Crippen molar-refractivity contribution in [1.29, 1.82) is 0 Å². The lowest BCUT2D eigenvalue weighted by atomic mass is 9.85. The summed E-state index contributed by atoms with van der Waals surface area (Å²) in [5, 5.41) is 8.98. The Kier molecular flexibility index (Phi) is 2.57. The Bertz CT molecular complexity index is 222. The molecule has 0 aromatic carbocycles. The molecule has 0 radical (unpaired) electrons. The highest BCUT2D eigenvalue weighted by molar-refractivity contribution is 7.13. The third kappa shape index (κ3) is 1.60. The van der Waals surface area contributed by atoms with E-state index in [0.29, 0.717) is 12.0 Å². The zero-order valence-corrected chi connectivity index (χ0v) is 8.80. The highest BCUT2D eigenvalue weighted by atomic mass is 31.0. The van der Waals surface area contributed by atoms with Gasteiger partial charge in [0, 0.05) is 6.04 Å². The largest absolute Gasteiger partial charge is 0.480 e. The van der Waals surface area contributed by atoms with Gasteiger partial charge in [0.15, 0.2) is 0 Å². The summed E-state index contributed by atoms with van der Waals surface area (Å²) in [5.74, 6) is -0.0308. The van der Waals surface area contributed by atoms with Crippen LogP contribution in [0.25, 0.3) is 0 Å². The number of rotatable bonds is 1. The van der Waals surface area contributed by atoms with Gasteiger partial charge in [-0.15, -0.1) is 0 Å². The van der Waals surface area contributed by atoms with Gasteiger partial charge >= 0.3 is 5.97 Å². The molecular weight excluding hydrogens is 185 g/mol. The summed E-state index contributed by atoms with van der Waals surface area (Å²) in [7, 11) is 2.60. The Morgan fingerprint density at radius 2 is 2.08 bits per heavy atom. The quantitative estimate of drug-likeness (QED) is 0.653. The van der Waals surface area contributed by atoms with E-state index in [1.807, 2.05) is 4.67 Å². The Hall–Kier alpha value is -0.140. The molecule has 1 saturated carbocycles. The maximum atomic E-state index is 10.9. The first-order valence-electron chi connectivity index (χ1n) is 4.96. The number of aliphatic carboxylic acids is 1. The van der Waals surface area contributed by atoms with Gasteiger partial charge in [0.1, 0.15) is 6.04 Å². The molecular formula is C9H16NO2P. The van der Waals surface area contributed by atoms with Crippen LogP contribution in [0.15, 0.2) is 0 Å². The molecule has 0 bridgehead atoms. The van der Waals surface area contributed by atoms with Gasteiger partial charge in [-0.2, -0.15) is 0 Å². The number of nitrogens with zero attached hydrogens (tertiary/aromatic N) is 1. The van der Waals surface area contributed by atoms with E-state index in [1.165, 1.54) is 25.7 Å². The van der Waals surface area contributed by atoms with E-state index in [0.717, 1.165) is 6.42 Å². The monoisotopic (exact) mass is 201 g/mol. The molecule has 2 fully saturated rings. The summed E-state index contributed by atoms with van der Waals surface area (Å²) in [4.78, 5) is 10.9. The minimum Gasteiger partial charge on any atom is -0.480 e. The molecule has 1 N–H and O–H groups in total. The van der Waals surface area contributed by atoms with Gasteiger partial charge in [-0.1, -0.05) is 22.2 Å². The molecule has 1 aliphatic heterocycles. The lowest BCUT2D eigenvalue weighted by molar-refractivity contribution is -0.140. The molecule has 4 atom stereocenters. The molecule has 1 saturated heterocycles. The number of carboxylic acid groups (broad SMARTS) is 1. The smallest absolute Gasteiger partial charge is 0.321 e. The summed E-state index contributed by atoms with van der Waals surface area (Å²) in [5.41, 5.74) is 0. The van der Waals surface area contributed by atoms with Gasteiger partial charge in [0.25, 0.3) is 0 Å². The minimum atomic E-state index is -0.663. The Labute approximate surface area is 80.7 Å². The SMILES string of the molecule is O=C(O)C1CC2CCCCC2N1P. The molecule has 1 heterocycles. The van der Waals surface area contributed by atoms with Crippen molar-refractivity contribution in [3.63, 3.8) is 0 Å². The standard InChI is InChI=1S/C9H16NO2P/c11-9(12)8-5-6-3-1-2-4-7(6)10(8)13/h6-8H,1-5,13H2,(H,11,12). The van der Waals surface area contributed by atoms with Crippen LogP contribution in [0, 0.1) is 5.92 Å². The maximum Gasteiger partial charge on any atom is 0.321 e. The molecule has 4 unspecified atom stereocenters. The molecule has 13 heavy (non-hydrogen) atoms. The van der Waals surface area contributed by atoms with Gasteiger partial charge in [0.2, 0.25) is 0 Å². The lowest BCUT2D eigenvalue weighted by Gasteiger charge is -2.29. The van der Waals surface area contributed by atoms with Crippen molar-refractivity contribution in [3.05, 3.63) is 0 Å². The second-order valence-electron chi connectivity index (χ2n) is 4.15. The summed E-state index contributed by atoms with van der Waals surface area (Å²) in [6.45, 7) is 0. The van der Waals surface area contributed by atoms with Crippen molar-refractivity contribution in [2.75, 3.05) is 0 Å². The van der Waals surface area contributed by atoms with Gasteiger partial charge < -0.3 is 5.11 Å². The summed E-state index contributed by atoms with van der Waals surface area (Å²) >= 11 is 0. The van der Waals surface area contributed by atoms with Crippen LogP contribution in [-0.2, 0) is 4.79 Å². The zero-order valence-electron chi connectivity index (χ0n) is 7.65. The Morgan fingerprint density at radius 3 is 2.69 bits per heavy atom. The van der Waals surface area contributed by atoms with Gasteiger partial charge in [-0.05, 0) is 25.2 Å². The van der Waals surface area contributed by atoms with E-state index in [1.54, 1.807) is 0 Å². The van der Waals surface area contributed by atoms with Crippen LogP contribution in [0.3, 0.4) is 0 Å². The van der Waals surface area contributed by atoms with Gasteiger partial charge in [0.05, 0.1) is 0 Å². The molecule has 3 nitrogen and oxygen atoms in total. The number of hydrogen-bond donors (Lipinski definition) is 1. The van der Waals surface area contributed by atoms with Crippen molar-refractivity contribution < 1.29 is 9.90 Å². The second kappa shape index (κ2) is 3.55. The van der Waals surface area contributed by atoms with Crippen molar-refractivity contribution >= 4 is 15.4 Å². The first kappa shape index (κ1) is 9.42. The summed E-state index contributed by atoms with van der Waals surface area (Å²) < 4.78 is 1.99. The van der Waals surface area contributed by atoms with Crippen LogP contribution >= 0.6 is 9.39 Å². The molecule has 2 rings (SSSR count).